The second kappa shape index (κ2) is 50.4. The number of amides is 2. The highest BCUT2D eigenvalue weighted by molar-refractivity contribution is 7.91. The lowest BCUT2D eigenvalue weighted by atomic mass is 9.89. The molecule has 6 aromatic carbocycles. The van der Waals surface area contributed by atoms with Gasteiger partial charge in [0.1, 0.15) is 76.2 Å². The fraction of sp³-hybridized carbons (Fsp3) is 0.383. The summed E-state index contributed by atoms with van der Waals surface area (Å²) in [4.78, 5) is 184. The molecule has 2 aromatic heterocycles. The highest BCUT2D eigenvalue weighted by Gasteiger charge is 2.37. The van der Waals surface area contributed by atoms with Gasteiger partial charge >= 0.3 is 60.4 Å². The van der Waals surface area contributed by atoms with Crippen LogP contribution in [-0.2, 0) is 154 Å². The molecule has 8 atom stereocenters. The topological polar surface area (TPSA) is 510 Å². The molecule has 38 nitrogen and oxygen atoms in total. The molecular formula is C94H98Cl4N2O36S2. The first kappa shape index (κ1) is 109. The van der Waals surface area contributed by atoms with Gasteiger partial charge in [-0.1, -0.05) is 108 Å². The molecule has 0 bridgehead atoms. The van der Waals surface area contributed by atoms with Crippen LogP contribution in [0.2, 0.25) is 20.1 Å². The normalized spacial score (nSPS) is 14.1. The van der Waals surface area contributed by atoms with Crippen LogP contribution < -0.4 is 0 Å². The third-order valence-electron chi connectivity index (χ3n) is 20.8. The van der Waals surface area contributed by atoms with Crippen molar-refractivity contribution in [2.45, 2.75) is 140 Å². The van der Waals surface area contributed by atoms with Crippen LogP contribution in [0.3, 0.4) is 0 Å². The number of ketones is 2. The number of hydrogen-bond acceptors (Lipinski definition) is 36. The van der Waals surface area contributed by atoms with E-state index in [1.54, 1.807) is 70.5 Å². The zero-order valence-electron chi connectivity index (χ0n) is 75.6. The summed E-state index contributed by atoms with van der Waals surface area (Å²) in [5.41, 5.74) is 4.88. The van der Waals surface area contributed by atoms with Gasteiger partial charge in [0, 0.05) is 87.3 Å². The highest BCUT2D eigenvalue weighted by atomic mass is 35.5. The SMILES string of the molecule is C=CCOC(=O)O[C@H](C)C(=O)OCC(COC(=O)OC(C)OC(=O)[C@@H](CC(=O)c1c(Cl)cc2c(c1Cl)CCN(C(=O)c1ccc3ccoc3c1)C2)Cc1cccc(S(C)(=O)=O)c1)COC(=O)[C@@H](C)OC(=O)OCC=C.CC(OC(=O)OCC(COC(=O)[C@@H](C)O)COC(=O)[C@@H](C)O)OC(=O)[C@@H](CC(=O)c1c(Cl)cc2c(c1Cl)CCN(C(=O)c1ccc3ccoc3c1)C2)Cc1cccc(S(C)(=O)=O)c1. The van der Waals surface area contributed by atoms with Gasteiger partial charge < -0.3 is 95.2 Å². The molecule has 10 rings (SSSR count). The molecule has 4 heterocycles. The molecule has 0 fully saturated rings. The van der Waals surface area contributed by atoms with Gasteiger partial charge in [0.2, 0.25) is 12.6 Å². The molecule has 0 spiro atoms. The monoisotopic (exact) mass is 2030 g/mol. The molecule has 0 aliphatic carbocycles. The van der Waals surface area contributed by atoms with Crippen LogP contribution in [0.4, 0.5) is 19.2 Å². The van der Waals surface area contributed by atoms with E-state index in [-0.39, 0.29) is 118 Å². The smallest absolute Gasteiger partial charge is 0.464 e. The molecule has 44 heteroatoms. The number of halogens is 4. The van der Waals surface area contributed by atoms with Crippen molar-refractivity contribution in [3.8, 4) is 0 Å². The average molecular weight is 2040 g/mol. The molecule has 0 saturated heterocycles. The fourth-order valence-electron chi connectivity index (χ4n) is 13.8. The number of rotatable bonds is 42. The summed E-state index contributed by atoms with van der Waals surface area (Å²) in [5, 5.41) is 20.5. The fourth-order valence-corrected chi connectivity index (χ4v) is 16.7. The van der Waals surface area contributed by atoms with Gasteiger partial charge in [-0.2, -0.15) is 0 Å². The van der Waals surface area contributed by atoms with Crippen molar-refractivity contribution in [2.75, 3.05) is 78.5 Å². The minimum absolute atomic E-state index is 0.0266. The Morgan fingerprint density at radius 2 is 0.775 bits per heavy atom. The standard InChI is InChI=1S/C51H53Cl2NO20S.C43H45Cl2NO16S/c1-7-17-66-49(60)71-29(3)46(57)68-26-33(27-69-47(58)30(4)72-50(61)67-18-8-2)28-70-51(62)74-31(5)73-48(59)36(20-32-10-9-11-38(21-32)75(6,63)64)23-41(55)43-40(52)22-37-25-54(16-14-39(37)44(43)53)45(56)35-13-12-34-15-19-65-42(34)24-35;1-23(47)40(51)58-20-27(21-59-41(52)24(2)48)22-60-43(54)62-25(3)61-42(53)30(14-26-6-5-7-32(15-26)63(4,55)56)17-35(49)37-34(44)16-31-19-46(12-10-33(31)38(37)45)39(50)29-9-8-28-11-13-57-36(28)18-29/h7-13,15,19,21-22,24,29-31,33,36H,1-2,14,16-18,20,23,25-28H2,3-6H3;5-9,11,13,15-16,18,23-25,27,30,47-48H,10,12,14,17,19-22H2,1-4H3/t29-,30-,31?,36-;23-,24-,25?,30-/m11/s1. The number of benzene rings is 6. The number of esters is 6. The lowest BCUT2D eigenvalue weighted by molar-refractivity contribution is -0.175. The third-order valence-corrected chi connectivity index (χ3v) is 24.5. The predicted molar refractivity (Wildman–Crippen MR) is 488 cm³/mol. The van der Waals surface area contributed by atoms with E-state index in [9.17, 15) is 94.2 Å². The molecule has 2 aliphatic rings. The molecule has 740 valence electrons. The Kier molecular flexibility index (Phi) is 39.7. The number of ether oxygens (including phenoxy) is 14. The largest absolute Gasteiger partial charge is 0.511 e. The van der Waals surface area contributed by atoms with E-state index in [2.05, 4.69) is 22.6 Å². The number of fused-ring (bicyclic) bond motifs is 4. The van der Waals surface area contributed by atoms with Crippen LogP contribution in [0.15, 0.2) is 166 Å². The zero-order valence-corrected chi connectivity index (χ0v) is 80.3. The van der Waals surface area contributed by atoms with E-state index >= 15 is 0 Å². The van der Waals surface area contributed by atoms with Gasteiger partial charge in [-0.15, -0.1) is 0 Å². The van der Waals surface area contributed by atoms with E-state index in [4.69, 9.17) is 112 Å². The second-order valence-corrected chi connectivity index (χ2v) is 37.4. The van der Waals surface area contributed by atoms with Gasteiger partial charge in [0.25, 0.3) is 11.8 Å². The van der Waals surface area contributed by atoms with E-state index in [1.807, 2.05) is 0 Å². The van der Waals surface area contributed by atoms with Crippen LogP contribution in [0.25, 0.3) is 21.9 Å². The minimum Gasteiger partial charge on any atom is -0.464 e. The average Bonchev–Trinajstić information content (AvgIpc) is 0.919. The van der Waals surface area contributed by atoms with Gasteiger partial charge in [-0.3, -0.25) is 28.8 Å². The number of carbonyl (C=O) groups is 14. The number of furan rings is 2. The summed E-state index contributed by atoms with van der Waals surface area (Å²) in [6, 6.07) is 28.4. The van der Waals surface area contributed by atoms with Crippen molar-refractivity contribution >= 4 is 172 Å². The first-order chi connectivity index (χ1) is 65.3. The van der Waals surface area contributed by atoms with Crippen LogP contribution in [-0.4, -0.2) is 236 Å². The molecular weight excluding hydrogens is 1940 g/mol. The summed E-state index contributed by atoms with van der Waals surface area (Å²) in [6.45, 7) is 10.9. The van der Waals surface area contributed by atoms with Crippen LogP contribution >= 0.6 is 46.4 Å². The number of sulfone groups is 2. The third kappa shape index (κ3) is 31.5. The Bertz CT molecular complexity index is 6060. The van der Waals surface area contributed by atoms with Crippen molar-refractivity contribution in [2.24, 2.45) is 23.7 Å². The maximum atomic E-state index is 14.2. The molecule has 0 radical (unpaired) electrons. The molecule has 2 amide bonds. The number of Topliss-reactive ketones (excluding diaryl/α,β-unsaturated/α-hetero) is 2. The lowest BCUT2D eigenvalue weighted by Crippen LogP contribution is -2.36. The van der Waals surface area contributed by atoms with Crippen molar-refractivity contribution in [3.05, 3.63) is 223 Å². The van der Waals surface area contributed by atoms with Gasteiger partial charge in [0.05, 0.1) is 77.2 Å². The number of hydrogen-bond donors (Lipinski definition) is 2. The van der Waals surface area contributed by atoms with Crippen LogP contribution in [0, 0.1) is 23.7 Å². The lowest BCUT2D eigenvalue weighted by Gasteiger charge is -2.30. The Morgan fingerprint density at radius 3 is 1.12 bits per heavy atom. The second-order valence-electron chi connectivity index (χ2n) is 31.8. The predicted octanol–water partition coefficient (Wildman–Crippen LogP) is 13.3. The molecule has 0 saturated carbocycles. The molecule has 2 N–H and O–H groups in total. The summed E-state index contributed by atoms with van der Waals surface area (Å²) in [7, 11) is -7.36. The summed E-state index contributed by atoms with van der Waals surface area (Å²) in [5.74, 6) is -12.8. The Morgan fingerprint density at radius 1 is 0.428 bits per heavy atom. The van der Waals surface area contributed by atoms with Crippen molar-refractivity contribution in [3.63, 3.8) is 0 Å². The summed E-state index contributed by atoms with van der Waals surface area (Å²) >= 11 is 27.2. The Balaban J connectivity index is 0.000000314. The molecule has 2 unspecified atom stereocenters. The zero-order chi connectivity index (χ0) is 101. The van der Waals surface area contributed by atoms with Crippen molar-refractivity contribution in [1.82, 2.24) is 9.80 Å². The van der Waals surface area contributed by atoms with E-state index in [0.717, 1.165) is 44.1 Å². The summed E-state index contributed by atoms with van der Waals surface area (Å²) < 4.78 is 131. The number of nitrogens with zero attached hydrogens (tertiary/aromatic N) is 2. The van der Waals surface area contributed by atoms with Gasteiger partial charge in [-0.25, -0.2) is 55.2 Å². The van der Waals surface area contributed by atoms with Crippen molar-refractivity contribution < 1.29 is 169 Å². The van der Waals surface area contributed by atoms with Crippen LogP contribution in [0.1, 0.15) is 129 Å². The maximum Gasteiger partial charge on any atom is 0.511 e. The first-order valence-electron chi connectivity index (χ1n) is 42.5. The number of aliphatic hydroxyl groups is 2. The van der Waals surface area contributed by atoms with Gasteiger partial charge in [-0.05, 0) is 160 Å². The molecule has 8 aromatic rings. The maximum absolute atomic E-state index is 14.2. The number of aliphatic hydroxyl groups excluding tert-OH is 2. The highest BCUT2D eigenvalue weighted by Crippen LogP contribution is 2.40. The van der Waals surface area contributed by atoms with E-state index in [0.29, 0.717) is 55.7 Å². The molecule has 138 heavy (non-hydrogen) atoms. The number of carbonyl (C=O) groups excluding carboxylic acids is 14. The molecule has 2 aliphatic heterocycles. The summed E-state index contributed by atoms with van der Waals surface area (Å²) in [6.07, 6.45) is -7.75. The minimum atomic E-state index is -3.70. The Labute approximate surface area is 810 Å². The van der Waals surface area contributed by atoms with E-state index in [1.165, 1.54) is 94.0 Å². The van der Waals surface area contributed by atoms with Crippen LogP contribution in [0.5, 0.6) is 0 Å². The quantitative estimate of drug-likeness (QED) is 0.0118. The van der Waals surface area contributed by atoms with Crippen molar-refractivity contribution in [1.29, 1.82) is 0 Å². The van der Waals surface area contributed by atoms with Gasteiger partial charge in [0.15, 0.2) is 43.4 Å². The van der Waals surface area contributed by atoms with E-state index < -0.39 is 205 Å². The Hall–Kier alpha value is -13.0. The first-order valence-corrected chi connectivity index (χ1v) is 47.7.